The van der Waals surface area contributed by atoms with Crippen molar-refractivity contribution in [3.05, 3.63) is 18.2 Å². The van der Waals surface area contributed by atoms with Gasteiger partial charge in [-0.15, -0.1) is 0 Å². The minimum absolute atomic E-state index is 0.196. The zero-order valence-corrected chi connectivity index (χ0v) is 10.6. The van der Waals surface area contributed by atoms with E-state index in [2.05, 4.69) is 4.98 Å². The van der Waals surface area contributed by atoms with Gasteiger partial charge in [-0.05, 0) is 32.1 Å². The number of hydrogen-bond acceptors (Lipinski definition) is 3. The van der Waals surface area contributed by atoms with Gasteiger partial charge in [-0.25, -0.2) is 4.98 Å². The van der Waals surface area contributed by atoms with E-state index in [1.807, 2.05) is 24.0 Å². The van der Waals surface area contributed by atoms with E-state index in [9.17, 15) is 0 Å². The Morgan fingerprint density at radius 3 is 3.12 bits per heavy atom. The second-order valence-corrected chi connectivity index (χ2v) is 4.98. The molecule has 2 rings (SSSR count). The van der Waals surface area contributed by atoms with Crippen LogP contribution in [0.2, 0.25) is 0 Å². The van der Waals surface area contributed by atoms with Crippen LogP contribution in [-0.2, 0) is 18.2 Å². The molecule has 1 aliphatic heterocycles. The average Bonchev–Trinajstić information content (AvgIpc) is 2.74. The number of rotatable bonds is 5. The summed E-state index contributed by atoms with van der Waals surface area (Å²) in [6.45, 7) is 0.930. The molecule has 0 saturated carbocycles. The molecule has 2 heterocycles. The average molecular weight is 237 g/mol. The lowest BCUT2D eigenvalue weighted by Crippen LogP contribution is -2.27. The third-order valence-electron chi connectivity index (χ3n) is 3.50. The highest BCUT2D eigenvalue weighted by atomic mass is 16.5. The van der Waals surface area contributed by atoms with Crippen LogP contribution in [0.4, 0.5) is 0 Å². The summed E-state index contributed by atoms with van der Waals surface area (Å²) < 4.78 is 7.75. The maximum absolute atomic E-state index is 6.14. The first-order valence-corrected chi connectivity index (χ1v) is 6.59. The molecule has 1 aliphatic rings. The molecule has 2 N–H and O–H groups in total. The number of imidazole rings is 1. The summed E-state index contributed by atoms with van der Waals surface area (Å²) in [6, 6.07) is 0.196. The Hall–Kier alpha value is -0.870. The van der Waals surface area contributed by atoms with E-state index in [0.29, 0.717) is 6.10 Å². The third kappa shape index (κ3) is 3.82. The Kier molecular flexibility index (Phi) is 4.57. The second-order valence-electron chi connectivity index (χ2n) is 4.98. The van der Waals surface area contributed by atoms with Crippen LogP contribution < -0.4 is 5.73 Å². The van der Waals surface area contributed by atoms with E-state index in [0.717, 1.165) is 31.7 Å². The molecule has 1 fully saturated rings. The quantitative estimate of drug-likeness (QED) is 0.847. The van der Waals surface area contributed by atoms with Crippen molar-refractivity contribution in [2.45, 2.75) is 50.7 Å². The number of hydrogen-bond donors (Lipinski definition) is 1. The molecular formula is C13H23N3O. The predicted molar refractivity (Wildman–Crippen MR) is 67.7 cm³/mol. The van der Waals surface area contributed by atoms with Crippen LogP contribution in [0.15, 0.2) is 12.4 Å². The first-order chi connectivity index (χ1) is 8.25. The molecule has 0 aliphatic carbocycles. The molecule has 4 heteroatoms. The van der Waals surface area contributed by atoms with E-state index in [1.165, 1.54) is 19.3 Å². The fourth-order valence-corrected chi connectivity index (χ4v) is 2.36. The van der Waals surface area contributed by atoms with E-state index < -0.39 is 0 Å². The smallest absolute Gasteiger partial charge is 0.109 e. The topological polar surface area (TPSA) is 53.1 Å². The number of ether oxygens (including phenoxy) is 1. The lowest BCUT2D eigenvalue weighted by Gasteiger charge is -2.23. The molecule has 1 aromatic rings. The van der Waals surface area contributed by atoms with Crippen molar-refractivity contribution >= 4 is 0 Å². The minimum Gasteiger partial charge on any atom is -0.378 e. The highest BCUT2D eigenvalue weighted by molar-refractivity contribution is 4.94. The largest absolute Gasteiger partial charge is 0.378 e. The van der Waals surface area contributed by atoms with Crippen molar-refractivity contribution in [1.82, 2.24) is 9.55 Å². The maximum atomic E-state index is 6.14. The van der Waals surface area contributed by atoms with Gasteiger partial charge in [0.2, 0.25) is 0 Å². The molecule has 96 valence electrons. The standard InChI is InChI=1S/C13H23N3O/c1-16-8-7-15-13(16)10-11(14)5-6-12-4-2-3-9-17-12/h7-8,11-12H,2-6,9-10,14H2,1H3. The molecule has 1 saturated heterocycles. The Morgan fingerprint density at radius 1 is 1.59 bits per heavy atom. The fraction of sp³-hybridized carbons (Fsp3) is 0.769. The van der Waals surface area contributed by atoms with Crippen molar-refractivity contribution in [3.8, 4) is 0 Å². The molecule has 1 aromatic heterocycles. The van der Waals surface area contributed by atoms with Crippen LogP contribution in [0, 0.1) is 0 Å². The monoisotopic (exact) mass is 237 g/mol. The lowest BCUT2D eigenvalue weighted by atomic mass is 10.0. The van der Waals surface area contributed by atoms with Gasteiger partial charge in [0.1, 0.15) is 5.82 Å². The van der Waals surface area contributed by atoms with E-state index in [-0.39, 0.29) is 6.04 Å². The summed E-state index contributed by atoms with van der Waals surface area (Å²) in [5.74, 6) is 1.07. The summed E-state index contributed by atoms with van der Waals surface area (Å²) in [6.07, 6.45) is 10.9. The van der Waals surface area contributed by atoms with Gasteiger partial charge >= 0.3 is 0 Å². The SMILES string of the molecule is Cn1ccnc1CC(N)CCC1CCCCO1. The van der Waals surface area contributed by atoms with Crippen LogP contribution in [0.5, 0.6) is 0 Å². The summed E-state index contributed by atoms with van der Waals surface area (Å²) in [4.78, 5) is 4.30. The van der Waals surface area contributed by atoms with Crippen LogP contribution in [-0.4, -0.2) is 28.3 Å². The number of nitrogens with zero attached hydrogens (tertiary/aromatic N) is 2. The summed E-state index contributed by atoms with van der Waals surface area (Å²) in [5.41, 5.74) is 6.14. The van der Waals surface area contributed by atoms with Crippen molar-refractivity contribution in [2.24, 2.45) is 12.8 Å². The normalized spacial score (nSPS) is 22.6. The van der Waals surface area contributed by atoms with E-state index in [4.69, 9.17) is 10.5 Å². The second kappa shape index (κ2) is 6.17. The summed E-state index contributed by atoms with van der Waals surface area (Å²) >= 11 is 0. The van der Waals surface area contributed by atoms with Gasteiger partial charge in [-0.2, -0.15) is 0 Å². The van der Waals surface area contributed by atoms with Crippen LogP contribution in [0.25, 0.3) is 0 Å². The van der Waals surface area contributed by atoms with Crippen molar-refractivity contribution in [3.63, 3.8) is 0 Å². The van der Waals surface area contributed by atoms with Gasteiger partial charge in [0.15, 0.2) is 0 Å². The van der Waals surface area contributed by atoms with Crippen LogP contribution >= 0.6 is 0 Å². The van der Waals surface area contributed by atoms with Crippen LogP contribution in [0.3, 0.4) is 0 Å². The highest BCUT2D eigenvalue weighted by Crippen LogP contribution is 2.18. The molecule has 2 unspecified atom stereocenters. The molecule has 0 amide bonds. The molecule has 4 nitrogen and oxygen atoms in total. The van der Waals surface area contributed by atoms with Crippen LogP contribution in [0.1, 0.15) is 37.9 Å². The Bertz CT molecular complexity index is 331. The van der Waals surface area contributed by atoms with Gasteiger partial charge in [0, 0.05) is 38.5 Å². The molecule has 17 heavy (non-hydrogen) atoms. The lowest BCUT2D eigenvalue weighted by molar-refractivity contribution is 0.00912. The van der Waals surface area contributed by atoms with Gasteiger partial charge in [0.25, 0.3) is 0 Å². The first-order valence-electron chi connectivity index (χ1n) is 6.59. The predicted octanol–water partition coefficient (Wildman–Crippen LogP) is 1.64. The molecule has 0 radical (unpaired) electrons. The Morgan fingerprint density at radius 2 is 2.47 bits per heavy atom. The maximum Gasteiger partial charge on any atom is 0.109 e. The minimum atomic E-state index is 0.196. The fourth-order valence-electron chi connectivity index (χ4n) is 2.36. The molecular weight excluding hydrogens is 214 g/mol. The van der Waals surface area contributed by atoms with Crippen molar-refractivity contribution in [2.75, 3.05) is 6.61 Å². The van der Waals surface area contributed by atoms with Gasteiger partial charge in [-0.3, -0.25) is 0 Å². The summed E-state index contributed by atoms with van der Waals surface area (Å²) in [7, 11) is 2.01. The molecule has 0 bridgehead atoms. The molecule has 2 atom stereocenters. The number of nitrogens with two attached hydrogens (primary N) is 1. The first kappa shape index (κ1) is 12.6. The Balaban J connectivity index is 1.70. The highest BCUT2D eigenvalue weighted by Gasteiger charge is 2.16. The summed E-state index contributed by atoms with van der Waals surface area (Å²) in [5, 5.41) is 0. The third-order valence-corrected chi connectivity index (χ3v) is 3.50. The number of aryl methyl sites for hydroxylation is 1. The van der Waals surface area contributed by atoms with Crippen molar-refractivity contribution < 1.29 is 4.74 Å². The van der Waals surface area contributed by atoms with Gasteiger partial charge in [0.05, 0.1) is 6.10 Å². The number of aromatic nitrogens is 2. The zero-order valence-electron chi connectivity index (χ0n) is 10.6. The van der Waals surface area contributed by atoms with Gasteiger partial charge < -0.3 is 15.0 Å². The van der Waals surface area contributed by atoms with Crippen molar-refractivity contribution in [1.29, 1.82) is 0 Å². The molecule has 0 spiro atoms. The zero-order chi connectivity index (χ0) is 12.1. The Labute approximate surface area is 103 Å². The van der Waals surface area contributed by atoms with E-state index >= 15 is 0 Å². The van der Waals surface area contributed by atoms with E-state index in [1.54, 1.807) is 0 Å². The molecule has 0 aromatic carbocycles. The van der Waals surface area contributed by atoms with Gasteiger partial charge in [-0.1, -0.05) is 0 Å².